The molecule has 3 nitrogen and oxygen atoms in total. The molecule has 0 aliphatic carbocycles. The van der Waals surface area contributed by atoms with E-state index in [9.17, 15) is 4.79 Å². The molecule has 1 rings (SSSR count). The summed E-state index contributed by atoms with van der Waals surface area (Å²) in [5.74, 6) is -0.793. The van der Waals surface area contributed by atoms with Gasteiger partial charge in [-0.05, 0) is 24.0 Å². The van der Waals surface area contributed by atoms with E-state index in [0.29, 0.717) is 6.42 Å². The second-order valence-corrected chi connectivity index (χ2v) is 4.59. The Morgan fingerprint density at radius 1 is 1.16 bits per heavy atom. The zero-order valence-electron chi connectivity index (χ0n) is 11.6. The molecule has 0 aliphatic heterocycles. The van der Waals surface area contributed by atoms with Crippen LogP contribution in [-0.4, -0.2) is 23.2 Å². The molecule has 0 aliphatic rings. The van der Waals surface area contributed by atoms with E-state index in [4.69, 9.17) is 5.11 Å². The number of hydrogen-bond donors (Lipinski definition) is 2. The summed E-state index contributed by atoms with van der Waals surface area (Å²) in [7, 11) is 0. The first-order valence-corrected chi connectivity index (χ1v) is 6.09. The van der Waals surface area contributed by atoms with Crippen molar-refractivity contribution in [2.75, 3.05) is 0 Å². The molecule has 5 heteroatoms. The fourth-order valence-corrected chi connectivity index (χ4v) is 1.77. The third kappa shape index (κ3) is 7.41. The second kappa shape index (κ2) is 10.1. The summed E-state index contributed by atoms with van der Waals surface area (Å²) in [4.78, 5) is 11.1. The van der Waals surface area contributed by atoms with E-state index in [2.05, 4.69) is 24.4 Å². The van der Waals surface area contributed by atoms with Crippen molar-refractivity contribution in [3.05, 3.63) is 35.4 Å². The summed E-state index contributed by atoms with van der Waals surface area (Å²) in [5, 5.41) is 12.2. The van der Waals surface area contributed by atoms with Gasteiger partial charge in [0.25, 0.3) is 0 Å². The number of rotatable bonds is 6. The minimum absolute atomic E-state index is 0. The van der Waals surface area contributed by atoms with Crippen molar-refractivity contribution in [1.29, 1.82) is 0 Å². The lowest BCUT2D eigenvalue weighted by Crippen LogP contribution is -2.42. The summed E-state index contributed by atoms with van der Waals surface area (Å²) in [6.45, 7) is 6.02. The SMILES string of the molecule is CCc1ccc(CC(NC(C)C)C(=O)O)cc1.Cl.Cl. The van der Waals surface area contributed by atoms with Crippen molar-refractivity contribution >= 4 is 30.8 Å². The van der Waals surface area contributed by atoms with Crippen LogP contribution in [0.3, 0.4) is 0 Å². The van der Waals surface area contributed by atoms with Crippen LogP contribution < -0.4 is 5.32 Å². The Hall–Kier alpha value is -0.770. The van der Waals surface area contributed by atoms with Crippen molar-refractivity contribution in [1.82, 2.24) is 5.32 Å². The molecule has 1 unspecified atom stereocenters. The number of nitrogens with one attached hydrogen (secondary N) is 1. The predicted molar refractivity (Wildman–Crippen MR) is 83.7 cm³/mol. The zero-order chi connectivity index (χ0) is 12.8. The highest BCUT2D eigenvalue weighted by atomic mass is 35.5. The highest BCUT2D eigenvalue weighted by Crippen LogP contribution is 2.08. The Labute approximate surface area is 127 Å². The summed E-state index contributed by atoms with van der Waals surface area (Å²) < 4.78 is 0. The number of aliphatic carboxylic acids is 1. The quantitative estimate of drug-likeness (QED) is 0.849. The van der Waals surface area contributed by atoms with Crippen LogP contribution in [0, 0.1) is 0 Å². The number of aryl methyl sites for hydroxylation is 1. The van der Waals surface area contributed by atoms with Gasteiger partial charge in [0, 0.05) is 6.04 Å². The third-order valence-corrected chi connectivity index (χ3v) is 2.70. The van der Waals surface area contributed by atoms with Gasteiger partial charge < -0.3 is 10.4 Å². The smallest absolute Gasteiger partial charge is 0.321 e. The van der Waals surface area contributed by atoms with Crippen LogP contribution in [0.2, 0.25) is 0 Å². The van der Waals surface area contributed by atoms with Gasteiger partial charge in [-0.25, -0.2) is 0 Å². The fourth-order valence-electron chi connectivity index (χ4n) is 1.77. The van der Waals surface area contributed by atoms with E-state index in [0.717, 1.165) is 12.0 Å². The summed E-state index contributed by atoms with van der Waals surface area (Å²) in [6, 6.07) is 7.80. The monoisotopic (exact) mass is 307 g/mol. The molecule has 110 valence electrons. The molecular weight excluding hydrogens is 285 g/mol. The Morgan fingerprint density at radius 3 is 2.00 bits per heavy atom. The molecule has 0 heterocycles. The molecule has 0 bridgehead atoms. The van der Waals surface area contributed by atoms with Gasteiger partial charge in [0.05, 0.1) is 0 Å². The lowest BCUT2D eigenvalue weighted by Gasteiger charge is -2.17. The average molecular weight is 308 g/mol. The highest BCUT2D eigenvalue weighted by Gasteiger charge is 2.18. The maximum Gasteiger partial charge on any atom is 0.321 e. The van der Waals surface area contributed by atoms with Gasteiger partial charge in [-0.2, -0.15) is 0 Å². The van der Waals surface area contributed by atoms with Crippen LogP contribution >= 0.6 is 24.8 Å². The first-order chi connectivity index (χ1) is 8.02. The molecule has 1 aromatic carbocycles. The van der Waals surface area contributed by atoms with E-state index >= 15 is 0 Å². The van der Waals surface area contributed by atoms with Gasteiger partial charge in [0.1, 0.15) is 6.04 Å². The van der Waals surface area contributed by atoms with E-state index in [1.165, 1.54) is 5.56 Å². The molecule has 0 saturated carbocycles. The molecule has 0 spiro atoms. The van der Waals surface area contributed by atoms with Crippen molar-refractivity contribution < 1.29 is 9.90 Å². The van der Waals surface area contributed by atoms with Gasteiger partial charge in [0.15, 0.2) is 0 Å². The van der Waals surface area contributed by atoms with Gasteiger partial charge in [0.2, 0.25) is 0 Å². The molecule has 1 aromatic rings. The van der Waals surface area contributed by atoms with Crippen LogP contribution in [0.15, 0.2) is 24.3 Å². The van der Waals surface area contributed by atoms with Crippen LogP contribution in [-0.2, 0) is 17.6 Å². The molecule has 0 amide bonds. The number of halogens is 2. The Bertz CT molecular complexity index is 366. The Morgan fingerprint density at radius 2 is 1.63 bits per heavy atom. The van der Waals surface area contributed by atoms with Gasteiger partial charge in [-0.15, -0.1) is 24.8 Å². The molecular formula is C14H23Cl2NO2. The largest absolute Gasteiger partial charge is 0.480 e. The lowest BCUT2D eigenvalue weighted by molar-refractivity contribution is -0.139. The first kappa shape index (κ1) is 20.5. The number of carbonyl (C=O) groups is 1. The van der Waals surface area contributed by atoms with Crippen LogP contribution in [0.5, 0.6) is 0 Å². The fraction of sp³-hybridized carbons (Fsp3) is 0.500. The second-order valence-electron chi connectivity index (χ2n) is 4.59. The molecule has 0 saturated heterocycles. The molecule has 0 aromatic heterocycles. The number of carboxylic acid groups (broad SMARTS) is 1. The van der Waals surface area contributed by atoms with Gasteiger partial charge in [-0.3, -0.25) is 4.79 Å². The highest BCUT2D eigenvalue weighted by molar-refractivity contribution is 5.85. The van der Waals surface area contributed by atoms with E-state index < -0.39 is 12.0 Å². The lowest BCUT2D eigenvalue weighted by atomic mass is 10.0. The first-order valence-electron chi connectivity index (χ1n) is 6.09. The van der Waals surface area contributed by atoms with Crippen molar-refractivity contribution in [2.24, 2.45) is 0 Å². The van der Waals surface area contributed by atoms with Crippen LogP contribution in [0.1, 0.15) is 31.9 Å². The predicted octanol–water partition coefficient (Wildman–Crippen LogP) is 3.09. The summed E-state index contributed by atoms with van der Waals surface area (Å²) in [6.07, 6.45) is 1.53. The van der Waals surface area contributed by atoms with E-state index in [1.54, 1.807) is 0 Å². The Kier molecular flexibility index (Phi) is 10.9. The van der Waals surface area contributed by atoms with E-state index in [-0.39, 0.29) is 30.9 Å². The molecule has 0 radical (unpaired) electrons. The van der Waals surface area contributed by atoms with Gasteiger partial charge in [-0.1, -0.05) is 45.0 Å². The standard InChI is InChI=1S/C14H21NO2.2ClH/c1-4-11-5-7-12(8-6-11)9-13(14(16)17)15-10(2)3;;/h5-8,10,13,15H,4,9H2,1-3H3,(H,16,17);2*1H. The number of benzene rings is 1. The number of hydrogen-bond acceptors (Lipinski definition) is 2. The minimum atomic E-state index is -0.793. The zero-order valence-corrected chi connectivity index (χ0v) is 13.2. The Balaban J connectivity index is 0. The van der Waals surface area contributed by atoms with Crippen molar-refractivity contribution in [2.45, 2.75) is 45.7 Å². The van der Waals surface area contributed by atoms with Crippen molar-refractivity contribution in [3.8, 4) is 0 Å². The van der Waals surface area contributed by atoms with Gasteiger partial charge >= 0.3 is 5.97 Å². The topological polar surface area (TPSA) is 49.3 Å². The minimum Gasteiger partial charge on any atom is -0.480 e. The van der Waals surface area contributed by atoms with Crippen molar-refractivity contribution in [3.63, 3.8) is 0 Å². The molecule has 0 fully saturated rings. The molecule has 19 heavy (non-hydrogen) atoms. The van der Waals surface area contributed by atoms with Crippen LogP contribution in [0.25, 0.3) is 0 Å². The maximum atomic E-state index is 11.1. The normalized spacial score (nSPS) is 11.4. The number of carboxylic acids is 1. The van der Waals surface area contributed by atoms with E-state index in [1.807, 2.05) is 26.0 Å². The summed E-state index contributed by atoms with van der Waals surface area (Å²) >= 11 is 0. The molecule has 1 atom stereocenters. The van der Waals surface area contributed by atoms with Crippen LogP contribution in [0.4, 0.5) is 0 Å². The summed E-state index contributed by atoms with van der Waals surface area (Å²) in [5.41, 5.74) is 2.33. The molecule has 2 N–H and O–H groups in total. The maximum absolute atomic E-state index is 11.1. The average Bonchev–Trinajstić information content (AvgIpc) is 2.28. The third-order valence-electron chi connectivity index (χ3n) is 2.70.